The van der Waals surface area contributed by atoms with Crippen molar-refractivity contribution in [3.63, 3.8) is 0 Å². The molecule has 0 bridgehead atoms. The number of Topliss-reactive ketones (excluding diaryl/α,β-unsaturated/α-hetero) is 1. The van der Waals surface area contributed by atoms with Gasteiger partial charge in [0.2, 0.25) is 0 Å². The average molecular weight is 463 g/mol. The van der Waals surface area contributed by atoms with Crippen molar-refractivity contribution in [2.24, 2.45) is 23.7 Å². The lowest BCUT2D eigenvalue weighted by Crippen LogP contribution is -2.55. The number of carbonyl (C=O) groups excluding carboxylic acids is 4. The largest absolute Gasteiger partial charge is 0.465 e. The normalized spacial score (nSPS) is 25.1. The first kappa shape index (κ1) is 26.5. The number of rotatable bonds is 8. The summed E-state index contributed by atoms with van der Waals surface area (Å²) in [5.74, 6) is -5.86. The third-order valence-corrected chi connectivity index (χ3v) is 5.61. The van der Waals surface area contributed by atoms with Crippen molar-refractivity contribution in [3.05, 3.63) is 35.4 Å². The molecular formula is C25H34O8. The summed E-state index contributed by atoms with van der Waals surface area (Å²) >= 11 is 0. The zero-order valence-electron chi connectivity index (χ0n) is 20.1. The summed E-state index contributed by atoms with van der Waals surface area (Å²) in [6, 6.07) is 6.08. The van der Waals surface area contributed by atoms with Crippen molar-refractivity contribution >= 4 is 23.7 Å². The van der Waals surface area contributed by atoms with E-state index in [1.807, 2.05) is 27.7 Å². The third kappa shape index (κ3) is 6.41. The second-order valence-electron chi connectivity index (χ2n) is 9.64. The Morgan fingerprint density at radius 2 is 1.52 bits per heavy atom. The molecule has 1 aliphatic carbocycles. The molecule has 0 saturated heterocycles. The summed E-state index contributed by atoms with van der Waals surface area (Å²) in [4.78, 5) is 51.0. The second-order valence-corrected chi connectivity index (χ2v) is 9.64. The predicted octanol–water partition coefficient (Wildman–Crippen LogP) is 2.91. The van der Waals surface area contributed by atoms with Gasteiger partial charge in [-0.3, -0.25) is 14.4 Å². The van der Waals surface area contributed by atoms with Crippen molar-refractivity contribution in [1.82, 2.24) is 0 Å². The van der Waals surface area contributed by atoms with E-state index in [9.17, 15) is 24.3 Å². The van der Waals surface area contributed by atoms with Gasteiger partial charge in [-0.2, -0.15) is 0 Å². The highest BCUT2D eigenvalue weighted by Gasteiger charge is 2.57. The van der Waals surface area contributed by atoms with Crippen molar-refractivity contribution < 1.29 is 38.5 Å². The van der Waals surface area contributed by atoms with E-state index in [2.05, 4.69) is 0 Å². The molecule has 1 aromatic rings. The SMILES string of the molecule is COC(=O)c1ccc([C@H]2[C@H](C(=O)OCC(C)C)C(=O)C[C@@](C)(O)[C@@H]2C(=O)OCC(C)C)cc1. The Kier molecular flexibility index (Phi) is 8.77. The van der Waals surface area contributed by atoms with Crippen molar-refractivity contribution in [2.75, 3.05) is 20.3 Å². The summed E-state index contributed by atoms with van der Waals surface area (Å²) in [6.45, 7) is 9.16. The highest BCUT2D eigenvalue weighted by Crippen LogP contribution is 2.46. The monoisotopic (exact) mass is 462 g/mol. The van der Waals surface area contributed by atoms with Crippen LogP contribution < -0.4 is 0 Å². The van der Waals surface area contributed by atoms with E-state index in [1.54, 1.807) is 12.1 Å². The van der Waals surface area contributed by atoms with Crippen LogP contribution in [0.5, 0.6) is 0 Å². The highest BCUT2D eigenvalue weighted by molar-refractivity contribution is 6.03. The molecule has 1 aliphatic rings. The summed E-state index contributed by atoms with van der Waals surface area (Å²) in [6.07, 6.45) is -0.382. The van der Waals surface area contributed by atoms with E-state index in [0.29, 0.717) is 5.56 Å². The van der Waals surface area contributed by atoms with Crippen LogP contribution in [-0.2, 0) is 28.6 Å². The van der Waals surface area contributed by atoms with Crippen LogP contribution >= 0.6 is 0 Å². The molecular weight excluding hydrogens is 428 g/mol. The van der Waals surface area contributed by atoms with Crippen LogP contribution in [0.3, 0.4) is 0 Å². The molecule has 182 valence electrons. The molecule has 4 atom stereocenters. The van der Waals surface area contributed by atoms with Crippen LogP contribution in [0.4, 0.5) is 0 Å². The second kappa shape index (κ2) is 10.9. The topological polar surface area (TPSA) is 116 Å². The third-order valence-electron chi connectivity index (χ3n) is 5.61. The van der Waals surface area contributed by atoms with Gasteiger partial charge in [-0.15, -0.1) is 0 Å². The molecule has 2 rings (SSSR count). The zero-order valence-corrected chi connectivity index (χ0v) is 20.1. The number of ether oxygens (including phenoxy) is 3. The van der Waals surface area contributed by atoms with Gasteiger partial charge in [-0.1, -0.05) is 39.8 Å². The Hall–Kier alpha value is -2.74. The lowest BCUT2D eigenvalue weighted by Gasteiger charge is -2.43. The first-order chi connectivity index (χ1) is 15.4. The average Bonchev–Trinajstić information content (AvgIpc) is 2.74. The molecule has 1 fully saturated rings. The molecule has 0 spiro atoms. The standard InChI is InChI=1S/C25H34O8/c1-14(2)12-32-23(28)20-18(26)11-25(5,30)21(24(29)33-13-15(3)4)19(20)16-7-9-17(10-8-16)22(27)31-6/h7-10,14-15,19-21,30H,11-13H2,1-6H3/t19-,20+,21-,25+/m0/s1. The van der Waals surface area contributed by atoms with Crippen molar-refractivity contribution in [2.45, 2.75) is 52.6 Å². The molecule has 0 aromatic heterocycles. The van der Waals surface area contributed by atoms with Crippen LogP contribution in [0.1, 0.15) is 62.9 Å². The molecule has 0 aliphatic heterocycles. The fourth-order valence-electron chi connectivity index (χ4n) is 4.05. The molecule has 0 amide bonds. The number of hydrogen-bond acceptors (Lipinski definition) is 8. The van der Waals surface area contributed by atoms with E-state index < -0.39 is 47.0 Å². The first-order valence-corrected chi connectivity index (χ1v) is 11.2. The smallest absolute Gasteiger partial charge is 0.337 e. The maximum atomic E-state index is 13.1. The maximum Gasteiger partial charge on any atom is 0.337 e. The minimum atomic E-state index is -1.73. The van der Waals surface area contributed by atoms with Crippen molar-refractivity contribution in [3.8, 4) is 0 Å². The Labute approximate surface area is 194 Å². The number of hydrogen-bond donors (Lipinski definition) is 1. The summed E-state index contributed by atoms with van der Waals surface area (Å²) in [5.41, 5.74) is -1.02. The minimum absolute atomic E-state index is 0.0559. The number of benzene rings is 1. The van der Waals surface area contributed by atoms with Gasteiger partial charge in [0.15, 0.2) is 5.78 Å². The van der Waals surface area contributed by atoms with Crippen LogP contribution in [0.2, 0.25) is 0 Å². The number of esters is 3. The van der Waals surface area contributed by atoms with Crippen molar-refractivity contribution in [1.29, 1.82) is 0 Å². The van der Waals surface area contributed by atoms with Crippen LogP contribution in [0.15, 0.2) is 24.3 Å². The van der Waals surface area contributed by atoms with E-state index in [-0.39, 0.29) is 37.0 Å². The van der Waals surface area contributed by atoms with Gasteiger partial charge in [0.25, 0.3) is 0 Å². The highest BCUT2D eigenvalue weighted by atomic mass is 16.5. The molecule has 8 nitrogen and oxygen atoms in total. The molecule has 1 saturated carbocycles. The minimum Gasteiger partial charge on any atom is -0.465 e. The molecule has 0 radical (unpaired) electrons. The van der Waals surface area contributed by atoms with Gasteiger partial charge < -0.3 is 19.3 Å². The van der Waals surface area contributed by atoms with E-state index >= 15 is 0 Å². The van der Waals surface area contributed by atoms with E-state index in [4.69, 9.17) is 14.2 Å². The Morgan fingerprint density at radius 1 is 1.00 bits per heavy atom. The van der Waals surface area contributed by atoms with Gasteiger partial charge in [-0.05, 0) is 36.5 Å². The lowest BCUT2D eigenvalue weighted by atomic mass is 9.61. The van der Waals surface area contributed by atoms with Crippen LogP contribution in [0.25, 0.3) is 0 Å². The molecule has 1 N–H and O–H groups in total. The molecule has 0 heterocycles. The Balaban J connectivity index is 2.55. The maximum absolute atomic E-state index is 13.1. The van der Waals surface area contributed by atoms with E-state index in [0.717, 1.165) is 0 Å². The fourth-order valence-corrected chi connectivity index (χ4v) is 4.05. The quantitative estimate of drug-likeness (QED) is 0.356. The predicted molar refractivity (Wildman–Crippen MR) is 119 cm³/mol. The number of ketones is 1. The van der Waals surface area contributed by atoms with Gasteiger partial charge in [0.05, 0.1) is 37.4 Å². The number of aliphatic hydroxyl groups is 1. The van der Waals surface area contributed by atoms with E-state index in [1.165, 1.54) is 26.2 Å². The summed E-state index contributed by atoms with van der Waals surface area (Å²) in [5, 5.41) is 11.1. The van der Waals surface area contributed by atoms with Gasteiger partial charge in [0.1, 0.15) is 5.92 Å². The molecule has 33 heavy (non-hydrogen) atoms. The van der Waals surface area contributed by atoms with Crippen LogP contribution in [-0.4, -0.2) is 54.7 Å². The fraction of sp³-hybridized carbons (Fsp3) is 0.600. The first-order valence-electron chi connectivity index (χ1n) is 11.2. The summed E-state index contributed by atoms with van der Waals surface area (Å²) in [7, 11) is 1.26. The molecule has 0 unspecified atom stereocenters. The number of methoxy groups -OCH3 is 1. The van der Waals surface area contributed by atoms with Crippen LogP contribution in [0, 0.1) is 23.7 Å². The lowest BCUT2D eigenvalue weighted by molar-refractivity contribution is -0.174. The Morgan fingerprint density at radius 3 is 2.00 bits per heavy atom. The zero-order chi connectivity index (χ0) is 24.9. The molecule has 8 heteroatoms. The summed E-state index contributed by atoms with van der Waals surface area (Å²) < 4.78 is 15.5. The van der Waals surface area contributed by atoms with Gasteiger partial charge in [-0.25, -0.2) is 4.79 Å². The Bertz CT molecular complexity index is 869. The van der Waals surface area contributed by atoms with Gasteiger partial charge >= 0.3 is 17.9 Å². The van der Waals surface area contributed by atoms with Gasteiger partial charge in [0, 0.05) is 12.3 Å². The molecule has 1 aromatic carbocycles. The number of carbonyl (C=O) groups is 4.